The minimum Gasteiger partial charge on any atom is -0.264 e. The molecule has 0 saturated carbocycles. The first-order chi connectivity index (χ1) is 10.5. The maximum Gasteiger partial charge on any atom is 0.214 e. The van der Waals surface area contributed by atoms with Crippen molar-refractivity contribution in [1.82, 2.24) is 9.29 Å². The van der Waals surface area contributed by atoms with Gasteiger partial charge in [-0.25, -0.2) is 8.42 Å². The lowest BCUT2D eigenvalue weighted by Crippen LogP contribution is -2.41. The second kappa shape index (κ2) is 5.82. The third-order valence-electron chi connectivity index (χ3n) is 4.20. The fraction of sp³-hybridized carbons (Fsp3) is 0.353. The molecule has 0 saturated heterocycles. The van der Waals surface area contributed by atoms with Crippen LogP contribution in [0.15, 0.2) is 42.7 Å². The molecule has 1 unspecified atom stereocenters. The molecular weight excluding hydrogens is 296 g/mol. The van der Waals surface area contributed by atoms with Gasteiger partial charge in [0.25, 0.3) is 0 Å². The molecule has 1 aromatic carbocycles. The largest absolute Gasteiger partial charge is 0.264 e. The molecule has 2 heterocycles. The number of pyridine rings is 1. The molecule has 2 aromatic rings. The van der Waals surface area contributed by atoms with Crippen LogP contribution in [0.1, 0.15) is 35.2 Å². The van der Waals surface area contributed by atoms with Gasteiger partial charge >= 0.3 is 0 Å². The first-order valence-corrected chi connectivity index (χ1v) is 9.12. The molecule has 116 valence electrons. The fourth-order valence-electron chi connectivity index (χ4n) is 3.08. The van der Waals surface area contributed by atoms with Gasteiger partial charge in [0, 0.05) is 18.9 Å². The van der Waals surface area contributed by atoms with Crippen LogP contribution in [0.25, 0.3) is 0 Å². The van der Waals surface area contributed by atoms with Crippen molar-refractivity contribution in [3.8, 4) is 0 Å². The molecule has 1 atom stereocenters. The van der Waals surface area contributed by atoms with Crippen molar-refractivity contribution in [2.24, 2.45) is 0 Å². The van der Waals surface area contributed by atoms with E-state index in [9.17, 15) is 8.42 Å². The summed E-state index contributed by atoms with van der Waals surface area (Å²) in [7, 11) is -3.27. The quantitative estimate of drug-likeness (QED) is 0.875. The van der Waals surface area contributed by atoms with Crippen molar-refractivity contribution in [1.29, 1.82) is 0 Å². The summed E-state index contributed by atoms with van der Waals surface area (Å²) >= 11 is 0. The van der Waals surface area contributed by atoms with Crippen LogP contribution >= 0.6 is 0 Å². The number of hydrogen-bond donors (Lipinski definition) is 0. The lowest BCUT2D eigenvalue weighted by molar-refractivity contribution is 0.344. The molecule has 1 aromatic heterocycles. The highest BCUT2D eigenvalue weighted by Gasteiger charge is 2.35. The molecule has 0 amide bonds. The summed E-state index contributed by atoms with van der Waals surface area (Å²) in [6.45, 7) is 4.28. The third-order valence-corrected chi connectivity index (χ3v) is 6.04. The molecule has 0 aliphatic carbocycles. The van der Waals surface area contributed by atoms with E-state index in [0.717, 1.165) is 17.5 Å². The number of aromatic nitrogens is 1. The van der Waals surface area contributed by atoms with Gasteiger partial charge in [-0.05, 0) is 43.0 Å². The molecule has 0 bridgehead atoms. The van der Waals surface area contributed by atoms with E-state index in [2.05, 4.69) is 24.0 Å². The SMILES string of the molecule is CCS(=O)(=O)N1CCc2cc(C)ccc2C1c1cccnc1. The standard InChI is InChI=1S/C17H20N2O2S/c1-3-22(20,21)19-10-8-14-11-13(2)6-7-16(14)17(19)15-5-4-9-18-12-15/h4-7,9,11-12,17H,3,8,10H2,1-2H3. The highest BCUT2D eigenvalue weighted by Crippen LogP contribution is 2.37. The van der Waals surface area contributed by atoms with E-state index in [4.69, 9.17) is 0 Å². The van der Waals surface area contributed by atoms with Gasteiger partial charge in [0.2, 0.25) is 10.0 Å². The summed E-state index contributed by atoms with van der Waals surface area (Å²) < 4.78 is 26.7. The predicted molar refractivity (Wildman–Crippen MR) is 87.1 cm³/mol. The number of nitrogens with zero attached hydrogens (tertiary/aromatic N) is 2. The lowest BCUT2D eigenvalue weighted by atomic mass is 9.89. The first-order valence-electron chi connectivity index (χ1n) is 7.52. The monoisotopic (exact) mass is 316 g/mol. The Bertz CT molecular complexity index is 773. The summed E-state index contributed by atoms with van der Waals surface area (Å²) in [4.78, 5) is 4.17. The van der Waals surface area contributed by atoms with Crippen molar-refractivity contribution < 1.29 is 8.42 Å². The smallest absolute Gasteiger partial charge is 0.214 e. The number of benzene rings is 1. The van der Waals surface area contributed by atoms with Crippen LogP contribution in [-0.4, -0.2) is 30.0 Å². The Morgan fingerprint density at radius 3 is 2.82 bits per heavy atom. The van der Waals surface area contributed by atoms with E-state index in [1.807, 2.05) is 18.2 Å². The van der Waals surface area contributed by atoms with E-state index >= 15 is 0 Å². The van der Waals surface area contributed by atoms with Gasteiger partial charge in [0.15, 0.2) is 0 Å². The van der Waals surface area contributed by atoms with Crippen LogP contribution in [0.3, 0.4) is 0 Å². The fourth-order valence-corrected chi connectivity index (χ4v) is 4.34. The molecule has 0 spiro atoms. The number of aryl methyl sites for hydroxylation is 1. The maximum atomic E-state index is 12.5. The minimum atomic E-state index is -3.27. The zero-order valence-electron chi connectivity index (χ0n) is 12.9. The lowest BCUT2D eigenvalue weighted by Gasteiger charge is -2.36. The molecule has 0 N–H and O–H groups in total. The van der Waals surface area contributed by atoms with Gasteiger partial charge in [-0.1, -0.05) is 29.8 Å². The summed E-state index contributed by atoms with van der Waals surface area (Å²) in [6, 6.07) is 9.79. The van der Waals surface area contributed by atoms with E-state index in [1.54, 1.807) is 23.6 Å². The molecule has 22 heavy (non-hydrogen) atoms. The summed E-state index contributed by atoms with van der Waals surface area (Å²) in [5.41, 5.74) is 4.43. The van der Waals surface area contributed by atoms with Crippen LogP contribution in [0.2, 0.25) is 0 Å². The molecular formula is C17H20N2O2S. The molecule has 3 rings (SSSR count). The maximum absolute atomic E-state index is 12.5. The van der Waals surface area contributed by atoms with E-state index < -0.39 is 10.0 Å². The van der Waals surface area contributed by atoms with Crippen LogP contribution in [0.5, 0.6) is 0 Å². The Kier molecular flexibility index (Phi) is 4.02. The molecule has 1 aliphatic heterocycles. The first kappa shape index (κ1) is 15.2. The zero-order chi connectivity index (χ0) is 15.7. The molecule has 1 aliphatic rings. The second-order valence-electron chi connectivity index (χ2n) is 5.65. The van der Waals surface area contributed by atoms with Gasteiger partial charge in [-0.2, -0.15) is 4.31 Å². The van der Waals surface area contributed by atoms with Gasteiger partial charge in [-0.15, -0.1) is 0 Å². The zero-order valence-corrected chi connectivity index (χ0v) is 13.7. The minimum absolute atomic E-state index is 0.116. The number of hydrogen-bond acceptors (Lipinski definition) is 3. The predicted octanol–water partition coefficient (Wildman–Crippen LogP) is 2.69. The third kappa shape index (κ3) is 2.66. The van der Waals surface area contributed by atoms with Crippen molar-refractivity contribution in [2.45, 2.75) is 26.3 Å². The Morgan fingerprint density at radius 2 is 2.14 bits per heavy atom. The topological polar surface area (TPSA) is 50.3 Å². The van der Waals surface area contributed by atoms with Crippen molar-refractivity contribution in [3.05, 3.63) is 65.0 Å². The molecule has 4 nitrogen and oxygen atoms in total. The average Bonchev–Trinajstić information content (AvgIpc) is 2.54. The number of rotatable bonds is 3. The number of fused-ring (bicyclic) bond motifs is 1. The molecule has 5 heteroatoms. The summed E-state index contributed by atoms with van der Waals surface area (Å²) in [5, 5.41) is 0. The van der Waals surface area contributed by atoms with E-state index in [-0.39, 0.29) is 11.8 Å². The van der Waals surface area contributed by atoms with Gasteiger partial charge in [0.05, 0.1) is 11.8 Å². The van der Waals surface area contributed by atoms with Crippen LogP contribution < -0.4 is 0 Å². The Labute approximate surface area is 131 Å². The second-order valence-corrected chi connectivity index (χ2v) is 7.86. The molecule has 0 fully saturated rings. The van der Waals surface area contributed by atoms with Crippen LogP contribution in [-0.2, 0) is 16.4 Å². The Hall–Kier alpha value is -1.72. The van der Waals surface area contributed by atoms with E-state index in [0.29, 0.717) is 6.54 Å². The van der Waals surface area contributed by atoms with Gasteiger partial charge in [0.1, 0.15) is 0 Å². The highest BCUT2D eigenvalue weighted by atomic mass is 32.2. The van der Waals surface area contributed by atoms with Gasteiger partial charge in [-0.3, -0.25) is 4.98 Å². The van der Waals surface area contributed by atoms with E-state index in [1.165, 1.54) is 11.1 Å². The molecule has 0 radical (unpaired) electrons. The van der Waals surface area contributed by atoms with Crippen molar-refractivity contribution in [3.63, 3.8) is 0 Å². The van der Waals surface area contributed by atoms with Crippen molar-refractivity contribution in [2.75, 3.05) is 12.3 Å². The normalized spacial score (nSPS) is 18.9. The average molecular weight is 316 g/mol. The summed E-state index contributed by atoms with van der Waals surface area (Å²) in [5.74, 6) is 0.116. The van der Waals surface area contributed by atoms with Crippen molar-refractivity contribution >= 4 is 10.0 Å². The Balaban J connectivity index is 2.17. The highest BCUT2D eigenvalue weighted by molar-refractivity contribution is 7.89. The van der Waals surface area contributed by atoms with Crippen LogP contribution in [0, 0.1) is 6.92 Å². The Morgan fingerprint density at radius 1 is 1.32 bits per heavy atom. The summed E-state index contributed by atoms with van der Waals surface area (Å²) in [6.07, 6.45) is 4.23. The van der Waals surface area contributed by atoms with Crippen LogP contribution in [0.4, 0.5) is 0 Å². The van der Waals surface area contributed by atoms with Gasteiger partial charge < -0.3 is 0 Å². The number of sulfonamides is 1.